The summed E-state index contributed by atoms with van der Waals surface area (Å²) in [5.41, 5.74) is 14.2. The van der Waals surface area contributed by atoms with Gasteiger partial charge in [0.1, 0.15) is 11.3 Å². The third-order valence-corrected chi connectivity index (χ3v) is 13.5. The number of thioether (sulfide) groups is 1. The molecule has 8 aromatic rings. The molecule has 1 unspecified atom stereocenters. The number of fused-ring (bicyclic) bond motifs is 7. The fourth-order valence-corrected chi connectivity index (χ4v) is 10.5. The lowest BCUT2D eigenvalue weighted by atomic mass is 9.93. The highest BCUT2D eigenvalue weighted by Gasteiger charge is 2.21. The Balaban J connectivity index is 1.01. The zero-order chi connectivity index (χ0) is 40.0. The predicted molar refractivity (Wildman–Crippen MR) is 258 cm³/mol. The maximum absolute atomic E-state index is 6.30. The predicted octanol–water partition coefficient (Wildman–Crippen LogP) is 16.3. The zero-order valence-corrected chi connectivity index (χ0v) is 34.3. The molecular formula is C57H43NOS. The van der Waals surface area contributed by atoms with E-state index in [2.05, 4.69) is 212 Å². The molecule has 2 aliphatic carbocycles. The van der Waals surface area contributed by atoms with Gasteiger partial charge < -0.3 is 9.32 Å². The number of anilines is 3. The molecular weight excluding hydrogens is 747 g/mol. The Bertz CT molecular complexity index is 3150. The van der Waals surface area contributed by atoms with Crippen molar-refractivity contribution in [2.24, 2.45) is 0 Å². The van der Waals surface area contributed by atoms with Gasteiger partial charge in [0.05, 0.1) is 5.69 Å². The van der Waals surface area contributed by atoms with Crippen molar-refractivity contribution < 1.29 is 4.42 Å². The van der Waals surface area contributed by atoms with Crippen LogP contribution in [0.2, 0.25) is 0 Å². The van der Waals surface area contributed by atoms with Gasteiger partial charge >= 0.3 is 0 Å². The second kappa shape index (κ2) is 15.4. The Morgan fingerprint density at radius 1 is 0.600 bits per heavy atom. The molecule has 0 N–H and O–H groups in total. The van der Waals surface area contributed by atoms with Gasteiger partial charge in [-0.1, -0.05) is 158 Å². The van der Waals surface area contributed by atoms with Gasteiger partial charge in [-0.3, -0.25) is 0 Å². The molecule has 11 rings (SSSR count). The van der Waals surface area contributed by atoms with E-state index < -0.39 is 0 Å². The van der Waals surface area contributed by atoms with E-state index in [4.69, 9.17) is 4.42 Å². The van der Waals surface area contributed by atoms with Gasteiger partial charge in [0.25, 0.3) is 0 Å². The molecule has 0 bridgehead atoms. The first-order valence-corrected chi connectivity index (χ1v) is 21.9. The quantitative estimate of drug-likeness (QED) is 0.167. The molecule has 2 nitrogen and oxygen atoms in total. The third kappa shape index (κ3) is 6.56. The first-order chi connectivity index (χ1) is 29.7. The van der Waals surface area contributed by atoms with Crippen LogP contribution < -0.4 is 4.90 Å². The molecule has 1 aromatic heterocycles. The average molecular weight is 790 g/mol. The normalized spacial score (nSPS) is 18.4. The summed E-state index contributed by atoms with van der Waals surface area (Å²) in [7, 11) is 0. The summed E-state index contributed by atoms with van der Waals surface area (Å²) < 4.78 is 6.30. The average Bonchev–Trinajstić information content (AvgIpc) is 3.72. The Labute approximate surface area is 355 Å². The van der Waals surface area contributed by atoms with E-state index in [1.165, 1.54) is 76.4 Å². The van der Waals surface area contributed by atoms with Crippen molar-refractivity contribution >= 4 is 73.0 Å². The van der Waals surface area contributed by atoms with Crippen molar-refractivity contribution in [2.75, 3.05) is 4.90 Å². The van der Waals surface area contributed by atoms with E-state index in [0.29, 0.717) is 5.25 Å². The maximum atomic E-state index is 6.30. The molecule has 0 fully saturated rings. The van der Waals surface area contributed by atoms with Crippen LogP contribution in [0.1, 0.15) is 36.7 Å². The van der Waals surface area contributed by atoms with E-state index in [1.54, 1.807) is 0 Å². The highest BCUT2D eigenvalue weighted by Crippen LogP contribution is 2.44. The van der Waals surface area contributed by atoms with Gasteiger partial charge in [-0.25, -0.2) is 0 Å². The maximum Gasteiger partial charge on any atom is 0.135 e. The summed E-state index contributed by atoms with van der Waals surface area (Å²) in [6.07, 6.45) is 23.1. The molecule has 60 heavy (non-hydrogen) atoms. The Morgan fingerprint density at radius 3 is 2.30 bits per heavy atom. The molecule has 3 aliphatic rings. The Morgan fingerprint density at radius 2 is 1.38 bits per heavy atom. The topological polar surface area (TPSA) is 16.4 Å². The molecule has 0 amide bonds. The monoisotopic (exact) mass is 789 g/mol. The first-order valence-electron chi connectivity index (χ1n) is 21.0. The van der Waals surface area contributed by atoms with Gasteiger partial charge in [0, 0.05) is 39.6 Å². The fraction of sp³-hybridized carbons (Fsp3) is 0.0877. The molecule has 288 valence electrons. The summed E-state index contributed by atoms with van der Waals surface area (Å²) in [5.74, 6) is 1.10. The van der Waals surface area contributed by atoms with E-state index in [1.807, 2.05) is 11.8 Å². The SMILES string of the molecule is C\C1=C(c2ccc(N(c3ccc4c(-c5ccc6c(ccc7oc8c(c76)C=CCC8)c5)cccc4c3)c3ccccc3-c3ccccc3)cc2)/C=C\C=C\C2=CC=CCC2S1. The van der Waals surface area contributed by atoms with E-state index in [0.717, 1.165) is 47.7 Å². The van der Waals surface area contributed by atoms with Gasteiger partial charge in [0.15, 0.2) is 0 Å². The minimum atomic E-state index is 0.427. The largest absolute Gasteiger partial charge is 0.460 e. The number of hydrogen-bond acceptors (Lipinski definition) is 3. The van der Waals surface area contributed by atoms with Gasteiger partial charge in [0.2, 0.25) is 0 Å². The number of furan rings is 1. The summed E-state index contributed by atoms with van der Waals surface area (Å²) in [4.78, 5) is 3.76. The second-order valence-electron chi connectivity index (χ2n) is 15.9. The van der Waals surface area contributed by atoms with Gasteiger partial charge in [-0.15, -0.1) is 11.8 Å². The van der Waals surface area contributed by atoms with Crippen LogP contribution in [-0.4, -0.2) is 5.25 Å². The molecule has 0 spiro atoms. The fourth-order valence-electron chi connectivity index (χ4n) is 9.27. The van der Waals surface area contributed by atoms with Crippen molar-refractivity contribution in [3.05, 3.63) is 222 Å². The molecule has 0 saturated carbocycles. The van der Waals surface area contributed by atoms with E-state index in [9.17, 15) is 0 Å². The number of aryl methyl sites for hydroxylation is 1. The van der Waals surface area contributed by atoms with Crippen molar-refractivity contribution in [3.63, 3.8) is 0 Å². The van der Waals surface area contributed by atoms with Crippen molar-refractivity contribution in [1.82, 2.24) is 0 Å². The van der Waals surface area contributed by atoms with Crippen molar-refractivity contribution in [3.8, 4) is 22.3 Å². The van der Waals surface area contributed by atoms with Crippen LogP contribution in [0.15, 0.2) is 209 Å². The number of para-hydroxylation sites is 1. The molecule has 7 aromatic carbocycles. The number of nitrogens with zero attached hydrogens (tertiary/aromatic N) is 1. The lowest BCUT2D eigenvalue weighted by molar-refractivity contribution is 0.546. The van der Waals surface area contributed by atoms with E-state index in [-0.39, 0.29) is 0 Å². The van der Waals surface area contributed by atoms with Crippen LogP contribution in [0.25, 0.3) is 66.4 Å². The summed E-state index contributed by atoms with van der Waals surface area (Å²) in [6, 6.07) is 53.5. The van der Waals surface area contributed by atoms with Crippen molar-refractivity contribution in [1.29, 1.82) is 0 Å². The number of hydrogen-bond donors (Lipinski definition) is 0. The third-order valence-electron chi connectivity index (χ3n) is 12.2. The summed E-state index contributed by atoms with van der Waals surface area (Å²) in [6.45, 7) is 2.27. The minimum absolute atomic E-state index is 0.427. The van der Waals surface area contributed by atoms with Gasteiger partial charge in [-0.05, 0) is 122 Å². The van der Waals surface area contributed by atoms with Crippen molar-refractivity contribution in [2.45, 2.75) is 31.4 Å². The standard InChI is InChI=1S/C57H43NOS/c1-38-47(19-7-5-16-41-17-6-12-25-56(41)60-38)40-26-30-45(31-27-40)58(53-23-10-8-20-50(53)39-14-3-2-4-15-39)46-32-34-49-42(37-46)18-13-22-48(49)43-28-33-51-44(36-43)29-35-55-57(51)52-21-9-11-24-54(52)59-55/h2-10,12-23,26-37,56H,11,24-25H2,1H3/b16-5+,19-7-,47-38-. The first kappa shape index (κ1) is 36.3. The zero-order valence-electron chi connectivity index (χ0n) is 33.5. The highest BCUT2D eigenvalue weighted by molar-refractivity contribution is 8.04. The Hall–Kier alpha value is -6.81. The second-order valence-corrected chi connectivity index (χ2v) is 17.3. The molecule has 2 heterocycles. The van der Waals surface area contributed by atoms with Crippen LogP contribution in [0, 0.1) is 0 Å². The molecule has 1 aliphatic heterocycles. The molecule has 0 radical (unpaired) electrons. The van der Waals surface area contributed by atoms with Crippen LogP contribution >= 0.6 is 11.8 Å². The number of rotatable bonds is 6. The van der Waals surface area contributed by atoms with Crippen LogP contribution in [-0.2, 0) is 6.42 Å². The van der Waals surface area contributed by atoms with Crippen LogP contribution in [0.4, 0.5) is 17.1 Å². The lowest BCUT2D eigenvalue weighted by Crippen LogP contribution is -2.11. The Kier molecular flexibility index (Phi) is 9.32. The molecule has 1 atom stereocenters. The highest BCUT2D eigenvalue weighted by atomic mass is 32.2. The summed E-state index contributed by atoms with van der Waals surface area (Å²) >= 11 is 1.97. The van der Waals surface area contributed by atoms with E-state index >= 15 is 0 Å². The van der Waals surface area contributed by atoms with Crippen LogP contribution in [0.5, 0.6) is 0 Å². The molecule has 0 saturated heterocycles. The molecule has 3 heteroatoms. The van der Waals surface area contributed by atoms with Crippen LogP contribution in [0.3, 0.4) is 0 Å². The number of allylic oxidation sites excluding steroid dienone is 10. The summed E-state index contributed by atoms with van der Waals surface area (Å²) in [5, 5.41) is 6.54. The smallest absolute Gasteiger partial charge is 0.135 e. The minimum Gasteiger partial charge on any atom is -0.460 e. The van der Waals surface area contributed by atoms with Gasteiger partial charge in [-0.2, -0.15) is 0 Å². The number of benzene rings is 7. The lowest BCUT2D eigenvalue weighted by Gasteiger charge is -2.28.